The third-order valence-corrected chi connectivity index (χ3v) is 8.52. The highest BCUT2D eigenvalue weighted by Crippen LogP contribution is 2.37. The van der Waals surface area contributed by atoms with Gasteiger partial charge in [0.2, 0.25) is 0 Å². The molecule has 1 heterocycles. The first-order valence-corrected chi connectivity index (χ1v) is 14.8. The van der Waals surface area contributed by atoms with E-state index in [1.165, 1.54) is 37.7 Å². The Kier molecular flexibility index (Phi) is 9.42. The standard InChI is InChI=1S/C35H34F3N3O3/c1-2-22-3-7-24(8-4-22)25-11-13-26(14-12-25)29-20-39-32(40-21-29)27-9-5-23(6-10-27)19-31(34(43)44)41-33(42)28-15-17-30(18-16-28)35(36,37)38/h5-6,9-18,20-22,24,31H,2-4,7-8,19H2,1H3,(H,41,42)(H,43,44)/t22-,24-,31-/m0/s1. The van der Waals surface area contributed by atoms with Crippen LogP contribution in [0, 0.1) is 5.92 Å². The van der Waals surface area contributed by atoms with Crippen LogP contribution in [-0.4, -0.2) is 33.0 Å². The topological polar surface area (TPSA) is 92.2 Å². The Bertz CT molecular complexity index is 1560. The SMILES string of the molecule is CC[C@H]1CC[C@H](c2ccc(-c3cnc(-c4ccc(C[C@H](NC(=O)c5ccc(C(F)(F)F)cc5)C(=O)O)cc4)nc3)cc2)CC1. The molecule has 44 heavy (non-hydrogen) atoms. The van der Waals surface area contributed by atoms with Crippen molar-refractivity contribution in [3.8, 4) is 22.5 Å². The largest absolute Gasteiger partial charge is 0.480 e. The lowest BCUT2D eigenvalue weighted by molar-refractivity contribution is -0.139. The number of alkyl halides is 3. The van der Waals surface area contributed by atoms with Gasteiger partial charge in [-0.3, -0.25) is 4.79 Å². The second-order valence-corrected chi connectivity index (χ2v) is 11.4. The monoisotopic (exact) mass is 601 g/mol. The van der Waals surface area contributed by atoms with Crippen LogP contribution in [0.1, 0.15) is 72.0 Å². The molecule has 3 aromatic carbocycles. The summed E-state index contributed by atoms with van der Waals surface area (Å²) in [5, 5.41) is 12.0. The number of carboxylic acid groups (broad SMARTS) is 1. The summed E-state index contributed by atoms with van der Waals surface area (Å²) in [5.74, 6) is -0.00450. The Morgan fingerprint density at radius 1 is 0.841 bits per heavy atom. The molecule has 1 aliphatic rings. The predicted molar refractivity (Wildman–Crippen MR) is 162 cm³/mol. The van der Waals surface area contributed by atoms with Crippen molar-refractivity contribution in [2.75, 3.05) is 0 Å². The number of nitrogens with zero attached hydrogens (tertiary/aromatic N) is 2. The van der Waals surface area contributed by atoms with Crippen molar-refractivity contribution in [3.05, 3.63) is 107 Å². The molecule has 0 saturated heterocycles. The van der Waals surface area contributed by atoms with E-state index < -0.39 is 29.7 Å². The summed E-state index contributed by atoms with van der Waals surface area (Å²) in [7, 11) is 0. The summed E-state index contributed by atoms with van der Waals surface area (Å²) in [6.45, 7) is 2.28. The van der Waals surface area contributed by atoms with E-state index in [9.17, 15) is 27.9 Å². The normalized spacial score (nSPS) is 17.5. The fraction of sp³-hybridized carbons (Fsp3) is 0.314. The smallest absolute Gasteiger partial charge is 0.416 e. The molecule has 0 unspecified atom stereocenters. The number of hydrogen-bond acceptors (Lipinski definition) is 4. The van der Waals surface area contributed by atoms with Crippen molar-refractivity contribution in [2.45, 2.75) is 63.6 Å². The minimum atomic E-state index is -4.53. The Morgan fingerprint density at radius 2 is 1.43 bits per heavy atom. The summed E-state index contributed by atoms with van der Waals surface area (Å²) in [6.07, 6.45) is 5.42. The van der Waals surface area contributed by atoms with Gasteiger partial charge in [-0.15, -0.1) is 0 Å². The molecule has 0 spiro atoms. The van der Waals surface area contributed by atoms with Gasteiger partial charge in [0.05, 0.1) is 5.56 Å². The second-order valence-electron chi connectivity index (χ2n) is 11.4. The average molecular weight is 602 g/mol. The van der Waals surface area contributed by atoms with E-state index in [4.69, 9.17) is 0 Å². The van der Waals surface area contributed by atoms with E-state index in [0.717, 1.165) is 46.9 Å². The number of halogens is 3. The molecular weight excluding hydrogens is 567 g/mol. The molecule has 1 saturated carbocycles. The lowest BCUT2D eigenvalue weighted by Gasteiger charge is -2.28. The third kappa shape index (κ3) is 7.51. The van der Waals surface area contributed by atoms with E-state index in [-0.39, 0.29) is 12.0 Å². The quantitative estimate of drug-likeness (QED) is 0.203. The van der Waals surface area contributed by atoms with E-state index >= 15 is 0 Å². The van der Waals surface area contributed by atoms with Crippen molar-refractivity contribution >= 4 is 11.9 Å². The van der Waals surface area contributed by atoms with Gasteiger partial charge >= 0.3 is 12.1 Å². The maximum Gasteiger partial charge on any atom is 0.416 e. The number of benzene rings is 3. The molecule has 2 N–H and O–H groups in total. The zero-order valence-electron chi connectivity index (χ0n) is 24.3. The minimum absolute atomic E-state index is 0.0161. The third-order valence-electron chi connectivity index (χ3n) is 8.52. The molecule has 6 nitrogen and oxygen atoms in total. The number of aromatic nitrogens is 2. The summed E-state index contributed by atoms with van der Waals surface area (Å²) in [5.41, 5.74) is 3.80. The number of amides is 1. The van der Waals surface area contributed by atoms with Crippen molar-refractivity contribution in [1.29, 1.82) is 0 Å². The first-order valence-electron chi connectivity index (χ1n) is 14.8. The van der Waals surface area contributed by atoms with Gasteiger partial charge < -0.3 is 10.4 Å². The zero-order valence-corrected chi connectivity index (χ0v) is 24.3. The van der Waals surface area contributed by atoms with E-state index in [1.54, 1.807) is 36.7 Å². The molecule has 9 heteroatoms. The molecule has 4 aromatic rings. The molecule has 1 aliphatic carbocycles. The molecule has 0 radical (unpaired) electrons. The van der Waals surface area contributed by atoms with Crippen molar-refractivity contribution in [2.24, 2.45) is 5.92 Å². The van der Waals surface area contributed by atoms with E-state index in [2.05, 4.69) is 46.5 Å². The van der Waals surface area contributed by atoms with Crippen molar-refractivity contribution in [3.63, 3.8) is 0 Å². The summed E-state index contributed by atoms with van der Waals surface area (Å²) in [6, 6.07) is 18.1. The molecule has 0 bridgehead atoms. The Labute approximate surface area is 254 Å². The second kappa shape index (κ2) is 13.4. The number of carbonyl (C=O) groups excluding carboxylic acids is 1. The number of carbonyl (C=O) groups is 2. The van der Waals surface area contributed by atoms with Gasteiger partial charge in [-0.05, 0) is 78.5 Å². The molecular formula is C35H34F3N3O3. The molecule has 1 fully saturated rings. The molecule has 228 valence electrons. The van der Waals surface area contributed by atoms with Gasteiger partial charge in [-0.2, -0.15) is 13.2 Å². The van der Waals surface area contributed by atoms with Crippen LogP contribution in [0.5, 0.6) is 0 Å². The van der Waals surface area contributed by atoms with Crippen LogP contribution in [0.4, 0.5) is 13.2 Å². The van der Waals surface area contributed by atoms with Crippen LogP contribution in [0.3, 0.4) is 0 Å². The fourth-order valence-electron chi connectivity index (χ4n) is 5.76. The molecule has 1 amide bonds. The highest BCUT2D eigenvalue weighted by molar-refractivity contribution is 5.96. The van der Waals surface area contributed by atoms with Crippen LogP contribution in [0.25, 0.3) is 22.5 Å². The number of hydrogen-bond donors (Lipinski definition) is 2. The maximum atomic E-state index is 12.8. The van der Waals surface area contributed by atoms with Gasteiger partial charge in [-0.25, -0.2) is 14.8 Å². The lowest BCUT2D eigenvalue weighted by atomic mass is 9.78. The van der Waals surface area contributed by atoms with E-state index in [0.29, 0.717) is 17.3 Å². The first kappa shape index (κ1) is 30.9. The molecule has 0 aliphatic heterocycles. The highest BCUT2D eigenvalue weighted by Gasteiger charge is 2.30. The molecule has 5 rings (SSSR count). The molecule has 1 atom stereocenters. The van der Waals surface area contributed by atoms with Gasteiger partial charge in [0.1, 0.15) is 6.04 Å². The summed E-state index contributed by atoms with van der Waals surface area (Å²) in [4.78, 5) is 33.4. The Hall–Kier alpha value is -4.53. The minimum Gasteiger partial charge on any atom is -0.480 e. The zero-order chi connectivity index (χ0) is 31.3. The number of rotatable bonds is 9. The first-order chi connectivity index (χ1) is 21.1. The highest BCUT2D eigenvalue weighted by atomic mass is 19.4. The van der Waals surface area contributed by atoms with Crippen LogP contribution in [0.2, 0.25) is 0 Å². The van der Waals surface area contributed by atoms with Crippen LogP contribution < -0.4 is 5.32 Å². The molecule has 1 aromatic heterocycles. The fourth-order valence-corrected chi connectivity index (χ4v) is 5.76. The lowest BCUT2D eigenvalue weighted by Crippen LogP contribution is -2.42. The van der Waals surface area contributed by atoms with Crippen LogP contribution >= 0.6 is 0 Å². The summed E-state index contributed by atoms with van der Waals surface area (Å²) >= 11 is 0. The van der Waals surface area contributed by atoms with Crippen molar-refractivity contribution < 1.29 is 27.9 Å². The Balaban J connectivity index is 1.19. The van der Waals surface area contributed by atoms with Gasteiger partial charge in [-0.1, -0.05) is 61.9 Å². The van der Waals surface area contributed by atoms with Crippen LogP contribution in [-0.2, 0) is 17.4 Å². The van der Waals surface area contributed by atoms with Gasteiger partial charge in [0, 0.05) is 35.5 Å². The van der Waals surface area contributed by atoms with Crippen molar-refractivity contribution in [1.82, 2.24) is 15.3 Å². The van der Waals surface area contributed by atoms with E-state index in [1.807, 2.05) is 0 Å². The Morgan fingerprint density at radius 3 is 1.98 bits per heavy atom. The van der Waals surface area contributed by atoms with Gasteiger partial charge in [0.15, 0.2) is 5.82 Å². The van der Waals surface area contributed by atoms with Crippen LogP contribution in [0.15, 0.2) is 85.2 Å². The maximum absolute atomic E-state index is 12.8. The number of aliphatic carboxylic acids is 1. The average Bonchev–Trinajstić information content (AvgIpc) is 3.04. The number of nitrogens with one attached hydrogen (secondary N) is 1. The van der Waals surface area contributed by atoms with Gasteiger partial charge in [0.25, 0.3) is 5.91 Å². The summed E-state index contributed by atoms with van der Waals surface area (Å²) < 4.78 is 38.4. The predicted octanol–water partition coefficient (Wildman–Crippen LogP) is 7.94. The number of carboxylic acids is 1.